The van der Waals surface area contributed by atoms with Crippen LogP contribution in [0.5, 0.6) is 11.5 Å². The van der Waals surface area contributed by atoms with E-state index in [0.29, 0.717) is 18.1 Å². The van der Waals surface area contributed by atoms with Crippen molar-refractivity contribution < 1.29 is 29.5 Å². The normalized spacial score (nSPS) is 18.6. The van der Waals surface area contributed by atoms with Crippen molar-refractivity contribution in [1.82, 2.24) is 0 Å². The number of aliphatic hydroxyl groups excluding tert-OH is 3. The lowest BCUT2D eigenvalue weighted by atomic mass is 10.3. The SMILES string of the molecule is CCOc1ccc(O[C@@H]2OC=C(O)C(O)=C2O)cc1. The number of hydrogen-bond acceptors (Lipinski definition) is 6. The topological polar surface area (TPSA) is 88.4 Å². The largest absolute Gasteiger partial charge is 0.503 e. The molecule has 3 N–H and O–H groups in total. The first-order chi connectivity index (χ1) is 9.11. The number of benzene rings is 1. The van der Waals surface area contributed by atoms with Crippen LogP contribution in [-0.2, 0) is 4.74 Å². The molecule has 0 radical (unpaired) electrons. The summed E-state index contributed by atoms with van der Waals surface area (Å²) in [5.74, 6) is -0.692. The third-order valence-electron chi connectivity index (χ3n) is 2.39. The fraction of sp³-hybridized carbons (Fsp3) is 0.231. The average Bonchev–Trinajstić information content (AvgIpc) is 2.42. The molecule has 1 aliphatic rings. The minimum atomic E-state index is -1.20. The number of hydrogen-bond donors (Lipinski definition) is 3. The third kappa shape index (κ3) is 2.85. The zero-order chi connectivity index (χ0) is 13.8. The molecule has 1 atom stereocenters. The number of ether oxygens (including phenoxy) is 3. The molecule has 0 aliphatic carbocycles. The van der Waals surface area contributed by atoms with E-state index in [1.54, 1.807) is 24.3 Å². The van der Waals surface area contributed by atoms with Crippen LogP contribution in [0, 0.1) is 0 Å². The highest BCUT2D eigenvalue weighted by atomic mass is 16.7. The van der Waals surface area contributed by atoms with E-state index in [1.807, 2.05) is 6.92 Å². The van der Waals surface area contributed by atoms with Crippen LogP contribution >= 0.6 is 0 Å². The van der Waals surface area contributed by atoms with Crippen LogP contribution in [0.25, 0.3) is 0 Å². The maximum absolute atomic E-state index is 9.56. The Balaban J connectivity index is 2.06. The van der Waals surface area contributed by atoms with Crippen molar-refractivity contribution in [2.75, 3.05) is 6.61 Å². The Hall–Kier alpha value is -2.50. The summed E-state index contributed by atoms with van der Waals surface area (Å²) in [7, 11) is 0. The summed E-state index contributed by atoms with van der Waals surface area (Å²) in [5, 5.41) is 28.0. The lowest BCUT2D eigenvalue weighted by molar-refractivity contribution is -0.0436. The quantitative estimate of drug-likeness (QED) is 0.776. The van der Waals surface area contributed by atoms with Gasteiger partial charge in [0.05, 0.1) is 6.61 Å². The van der Waals surface area contributed by atoms with Crippen molar-refractivity contribution in [3.8, 4) is 11.5 Å². The summed E-state index contributed by atoms with van der Waals surface area (Å²) in [6.45, 7) is 2.44. The summed E-state index contributed by atoms with van der Waals surface area (Å²) in [4.78, 5) is 0. The molecule has 0 spiro atoms. The zero-order valence-corrected chi connectivity index (χ0v) is 10.2. The van der Waals surface area contributed by atoms with Crippen molar-refractivity contribution in [3.05, 3.63) is 47.8 Å². The Morgan fingerprint density at radius 1 is 1.11 bits per heavy atom. The molecule has 0 bridgehead atoms. The van der Waals surface area contributed by atoms with Gasteiger partial charge in [0.1, 0.15) is 17.8 Å². The molecule has 1 heterocycles. The Bertz CT molecular complexity index is 502. The van der Waals surface area contributed by atoms with E-state index in [-0.39, 0.29) is 0 Å². The van der Waals surface area contributed by atoms with Gasteiger partial charge in [0, 0.05) is 0 Å². The fourth-order valence-electron chi connectivity index (χ4n) is 1.48. The first-order valence-electron chi connectivity index (χ1n) is 5.68. The number of aliphatic hydroxyl groups is 3. The molecule has 102 valence electrons. The predicted molar refractivity (Wildman–Crippen MR) is 66.1 cm³/mol. The van der Waals surface area contributed by atoms with Crippen molar-refractivity contribution in [3.63, 3.8) is 0 Å². The van der Waals surface area contributed by atoms with Gasteiger partial charge in [0.15, 0.2) is 5.76 Å². The highest BCUT2D eigenvalue weighted by Gasteiger charge is 2.27. The predicted octanol–water partition coefficient (Wildman–Crippen LogP) is 2.55. The molecule has 2 rings (SSSR count). The van der Waals surface area contributed by atoms with Gasteiger partial charge >= 0.3 is 6.29 Å². The first-order valence-corrected chi connectivity index (χ1v) is 5.68. The van der Waals surface area contributed by atoms with Gasteiger partial charge in [-0.15, -0.1) is 0 Å². The van der Waals surface area contributed by atoms with Gasteiger partial charge in [-0.2, -0.15) is 0 Å². The molecule has 6 heteroatoms. The van der Waals surface area contributed by atoms with Crippen molar-refractivity contribution in [1.29, 1.82) is 0 Å². The summed E-state index contributed by atoms with van der Waals surface area (Å²) in [6.07, 6.45) is -0.303. The molecule has 0 saturated heterocycles. The molecule has 1 aliphatic heterocycles. The van der Waals surface area contributed by atoms with Gasteiger partial charge in [-0.3, -0.25) is 0 Å². The summed E-state index contributed by atoms with van der Waals surface area (Å²) in [6, 6.07) is 6.68. The van der Waals surface area contributed by atoms with Gasteiger partial charge in [-0.25, -0.2) is 0 Å². The molecule has 1 aromatic rings. The summed E-state index contributed by atoms with van der Waals surface area (Å²) in [5.41, 5.74) is 0. The third-order valence-corrected chi connectivity index (χ3v) is 2.39. The van der Waals surface area contributed by atoms with E-state index < -0.39 is 23.6 Å². The molecular weight excluding hydrogens is 252 g/mol. The highest BCUT2D eigenvalue weighted by Crippen LogP contribution is 2.24. The first kappa shape index (κ1) is 12.9. The molecule has 0 unspecified atom stereocenters. The Kier molecular flexibility index (Phi) is 3.70. The highest BCUT2D eigenvalue weighted by molar-refractivity contribution is 5.32. The minimum Gasteiger partial charge on any atom is -0.503 e. The standard InChI is InChI=1S/C13H14O6/c1-2-17-8-3-5-9(6-4-8)19-13-12(16)11(15)10(14)7-18-13/h3-7,13-16H,2H2,1H3/t13-/m0/s1. The molecule has 0 fully saturated rings. The molecule has 19 heavy (non-hydrogen) atoms. The zero-order valence-electron chi connectivity index (χ0n) is 10.2. The lowest BCUT2D eigenvalue weighted by Gasteiger charge is -2.21. The van der Waals surface area contributed by atoms with Gasteiger partial charge in [0.2, 0.25) is 11.5 Å². The van der Waals surface area contributed by atoms with Crippen molar-refractivity contribution in [2.24, 2.45) is 0 Å². The van der Waals surface area contributed by atoms with Crippen LogP contribution in [0.15, 0.2) is 47.8 Å². The smallest absolute Gasteiger partial charge is 0.302 e. The summed E-state index contributed by atoms with van der Waals surface area (Å²) < 4.78 is 15.5. The maximum Gasteiger partial charge on any atom is 0.302 e. The van der Waals surface area contributed by atoms with Gasteiger partial charge in [0.25, 0.3) is 0 Å². The van der Waals surface area contributed by atoms with Gasteiger partial charge < -0.3 is 29.5 Å². The second kappa shape index (κ2) is 5.43. The Labute approximate surface area is 109 Å². The van der Waals surface area contributed by atoms with Gasteiger partial charge in [-0.1, -0.05) is 0 Å². The van der Waals surface area contributed by atoms with Crippen LogP contribution < -0.4 is 9.47 Å². The minimum absolute atomic E-state index is 0.419. The molecule has 1 aromatic carbocycles. The maximum atomic E-state index is 9.56. The van der Waals surface area contributed by atoms with Gasteiger partial charge in [-0.05, 0) is 31.2 Å². The molecule has 0 aromatic heterocycles. The number of rotatable bonds is 4. The average molecular weight is 266 g/mol. The van der Waals surface area contributed by atoms with Crippen LogP contribution in [0.2, 0.25) is 0 Å². The Morgan fingerprint density at radius 3 is 2.37 bits per heavy atom. The van der Waals surface area contributed by atoms with Crippen molar-refractivity contribution >= 4 is 0 Å². The lowest BCUT2D eigenvalue weighted by Crippen LogP contribution is -2.26. The monoisotopic (exact) mass is 266 g/mol. The van der Waals surface area contributed by atoms with E-state index in [4.69, 9.17) is 19.3 Å². The molecular formula is C13H14O6. The fourth-order valence-corrected chi connectivity index (χ4v) is 1.48. The summed E-state index contributed by atoms with van der Waals surface area (Å²) >= 11 is 0. The van der Waals surface area contributed by atoms with E-state index in [1.165, 1.54) is 0 Å². The molecule has 0 amide bonds. The van der Waals surface area contributed by atoms with Crippen molar-refractivity contribution in [2.45, 2.75) is 13.2 Å². The van der Waals surface area contributed by atoms with Crippen LogP contribution in [0.1, 0.15) is 6.92 Å². The van der Waals surface area contributed by atoms with Crippen LogP contribution in [-0.4, -0.2) is 28.2 Å². The van der Waals surface area contributed by atoms with E-state index in [2.05, 4.69) is 0 Å². The second-order valence-electron chi connectivity index (χ2n) is 3.73. The van der Waals surface area contributed by atoms with Crippen LogP contribution in [0.3, 0.4) is 0 Å². The second-order valence-corrected chi connectivity index (χ2v) is 3.73. The molecule has 0 saturated carbocycles. The van der Waals surface area contributed by atoms with Crippen LogP contribution in [0.4, 0.5) is 0 Å². The van der Waals surface area contributed by atoms with E-state index >= 15 is 0 Å². The molecule has 6 nitrogen and oxygen atoms in total. The van der Waals surface area contributed by atoms with E-state index in [0.717, 1.165) is 6.26 Å². The Morgan fingerprint density at radius 2 is 1.74 bits per heavy atom. The van der Waals surface area contributed by atoms with E-state index in [9.17, 15) is 10.2 Å².